The number of hydrogen-bond acceptors (Lipinski definition) is 4. The van der Waals surface area contributed by atoms with Gasteiger partial charge in [-0.15, -0.1) is 11.3 Å². The molecule has 0 saturated heterocycles. The Morgan fingerprint density at radius 3 is 3.29 bits per heavy atom. The van der Waals surface area contributed by atoms with Gasteiger partial charge in [-0.05, 0) is 30.4 Å². The quantitative estimate of drug-likeness (QED) is 0.906. The maximum atomic E-state index is 12.0. The molecule has 0 aromatic carbocycles. The van der Waals surface area contributed by atoms with Gasteiger partial charge in [0.2, 0.25) is 5.91 Å². The van der Waals surface area contributed by atoms with E-state index in [-0.39, 0.29) is 11.9 Å². The number of amides is 1. The third-order valence-corrected chi connectivity index (χ3v) is 5.00. The van der Waals surface area contributed by atoms with E-state index in [9.17, 15) is 4.79 Å². The summed E-state index contributed by atoms with van der Waals surface area (Å²) in [6.07, 6.45) is 1.01. The zero-order chi connectivity index (χ0) is 12.3. The number of fused-ring (bicyclic) bond motifs is 1. The van der Waals surface area contributed by atoms with E-state index >= 15 is 0 Å². The third-order valence-electron chi connectivity index (χ3n) is 2.77. The maximum Gasteiger partial charge on any atom is 0.232 e. The highest BCUT2D eigenvalue weighted by Crippen LogP contribution is 2.24. The molecule has 0 radical (unpaired) electrons. The molecule has 1 unspecified atom stereocenters. The van der Waals surface area contributed by atoms with E-state index in [1.165, 1.54) is 10.4 Å². The van der Waals surface area contributed by atoms with E-state index < -0.39 is 0 Å². The van der Waals surface area contributed by atoms with Crippen molar-refractivity contribution in [1.29, 1.82) is 0 Å². The van der Waals surface area contributed by atoms with E-state index in [4.69, 9.17) is 5.73 Å². The molecule has 94 valence electrons. The third kappa shape index (κ3) is 3.47. The molecule has 3 nitrogen and oxygen atoms in total. The lowest BCUT2D eigenvalue weighted by atomic mass is 10.1. The number of carbonyl (C=O) groups is 1. The molecule has 0 fully saturated rings. The first-order valence-corrected chi connectivity index (χ1v) is 7.86. The average Bonchev–Trinajstić information content (AvgIpc) is 2.75. The Labute approximate surface area is 110 Å². The summed E-state index contributed by atoms with van der Waals surface area (Å²) < 4.78 is 0. The van der Waals surface area contributed by atoms with Crippen LogP contribution in [0.15, 0.2) is 11.4 Å². The molecule has 1 amide bonds. The molecule has 1 aliphatic heterocycles. The van der Waals surface area contributed by atoms with Crippen LogP contribution in [0.4, 0.5) is 0 Å². The van der Waals surface area contributed by atoms with Gasteiger partial charge in [-0.2, -0.15) is 11.8 Å². The largest absolute Gasteiger partial charge is 0.337 e. The highest BCUT2D eigenvalue weighted by atomic mass is 32.2. The fourth-order valence-electron chi connectivity index (χ4n) is 1.88. The van der Waals surface area contributed by atoms with Crippen LogP contribution in [0.3, 0.4) is 0 Å². The molecular weight excluding hydrogens is 252 g/mol. The molecule has 1 aromatic rings. The Morgan fingerprint density at radius 2 is 2.53 bits per heavy atom. The first kappa shape index (κ1) is 12.9. The van der Waals surface area contributed by atoms with Crippen molar-refractivity contribution in [3.05, 3.63) is 21.9 Å². The van der Waals surface area contributed by atoms with Crippen LogP contribution in [-0.2, 0) is 17.8 Å². The summed E-state index contributed by atoms with van der Waals surface area (Å²) in [5, 5.41) is 2.11. The number of nitrogens with zero attached hydrogens (tertiary/aromatic N) is 1. The van der Waals surface area contributed by atoms with Crippen molar-refractivity contribution in [2.24, 2.45) is 5.73 Å². The molecule has 1 aliphatic rings. The predicted octanol–water partition coefficient (Wildman–Crippen LogP) is 1.71. The highest BCUT2D eigenvalue weighted by Gasteiger charge is 2.21. The van der Waals surface area contributed by atoms with Crippen molar-refractivity contribution in [3.63, 3.8) is 0 Å². The van der Waals surface area contributed by atoms with Crippen molar-refractivity contribution in [2.75, 3.05) is 18.1 Å². The second-order valence-electron chi connectivity index (χ2n) is 4.43. The molecular formula is C12H18N2OS2. The molecule has 1 aromatic heterocycles. The van der Waals surface area contributed by atoms with Gasteiger partial charge in [-0.1, -0.05) is 0 Å². The van der Waals surface area contributed by atoms with Crippen molar-refractivity contribution >= 4 is 29.0 Å². The van der Waals surface area contributed by atoms with Crippen LogP contribution in [-0.4, -0.2) is 34.9 Å². The molecule has 1 atom stereocenters. The lowest BCUT2D eigenvalue weighted by Crippen LogP contribution is -2.36. The second-order valence-corrected chi connectivity index (χ2v) is 6.46. The number of nitrogens with two attached hydrogens (primary N) is 1. The van der Waals surface area contributed by atoms with E-state index in [2.05, 4.69) is 11.4 Å². The fraction of sp³-hybridized carbons (Fsp3) is 0.583. The number of thiophene rings is 1. The SMILES string of the molecule is CC(N)CSCC(=O)N1CCc2sccc2C1. The van der Waals surface area contributed by atoms with Gasteiger partial charge in [0.25, 0.3) is 0 Å². The predicted molar refractivity (Wildman–Crippen MR) is 74.4 cm³/mol. The Morgan fingerprint density at radius 1 is 1.71 bits per heavy atom. The molecule has 5 heteroatoms. The summed E-state index contributed by atoms with van der Waals surface area (Å²) in [4.78, 5) is 15.4. The molecule has 2 rings (SSSR count). The minimum absolute atomic E-state index is 0.164. The molecule has 2 heterocycles. The Kier molecular flexibility index (Phi) is 4.48. The van der Waals surface area contributed by atoms with E-state index in [1.807, 2.05) is 11.8 Å². The Bertz CT molecular complexity index is 390. The summed E-state index contributed by atoms with van der Waals surface area (Å²) in [6, 6.07) is 2.30. The van der Waals surface area contributed by atoms with E-state index in [0.717, 1.165) is 25.3 Å². The first-order valence-electron chi connectivity index (χ1n) is 5.83. The van der Waals surface area contributed by atoms with Gasteiger partial charge in [0, 0.05) is 29.8 Å². The first-order chi connectivity index (χ1) is 8.16. The summed E-state index contributed by atoms with van der Waals surface area (Å²) in [5.41, 5.74) is 6.99. The monoisotopic (exact) mass is 270 g/mol. The average molecular weight is 270 g/mol. The van der Waals surface area contributed by atoms with Gasteiger partial charge >= 0.3 is 0 Å². The number of thioether (sulfide) groups is 1. The number of carbonyl (C=O) groups excluding carboxylic acids is 1. The van der Waals surface area contributed by atoms with Crippen LogP contribution in [0, 0.1) is 0 Å². The van der Waals surface area contributed by atoms with Crippen LogP contribution >= 0.6 is 23.1 Å². The summed E-state index contributed by atoms with van der Waals surface area (Å²) in [7, 11) is 0. The summed E-state index contributed by atoms with van der Waals surface area (Å²) in [6.45, 7) is 3.62. The van der Waals surface area contributed by atoms with Gasteiger partial charge in [-0.25, -0.2) is 0 Å². The number of rotatable bonds is 4. The van der Waals surface area contributed by atoms with Crippen LogP contribution in [0.25, 0.3) is 0 Å². The molecule has 0 aliphatic carbocycles. The number of hydrogen-bond donors (Lipinski definition) is 1. The summed E-state index contributed by atoms with van der Waals surface area (Å²) in [5.74, 6) is 1.65. The standard InChI is InChI=1S/C12H18N2OS2/c1-9(13)7-16-8-12(15)14-4-2-11-10(6-14)3-5-17-11/h3,5,9H,2,4,6-8,13H2,1H3. The van der Waals surface area contributed by atoms with Gasteiger partial charge < -0.3 is 10.6 Å². The molecule has 17 heavy (non-hydrogen) atoms. The van der Waals surface area contributed by atoms with Crippen molar-refractivity contribution in [2.45, 2.75) is 25.9 Å². The maximum absolute atomic E-state index is 12.0. The lowest BCUT2D eigenvalue weighted by molar-refractivity contribution is -0.129. The van der Waals surface area contributed by atoms with Crippen LogP contribution in [0.1, 0.15) is 17.4 Å². The molecule has 0 bridgehead atoms. The topological polar surface area (TPSA) is 46.3 Å². The van der Waals surface area contributed by atoms with E-state index in [0.29, 0.717) is 5.75 Å². The van der Waals surface area contributed by atoms with Crippen molar-refractivity contribution in [1.82, 2.24) is 4.90 Å². The zero-order valence-electron chi connectivity index (χ0n) is 10.0. The van der Waals surface area contributed by atoms with Gasteiger partial charge in [-0.3, -0.25) is 4.79 Å². The highest BCUT2D eigenvalue weighted by molar-refractivity contribution is 7.99. The summed E-state index contributed by atoms with van der Waals surface area (Å²) >= 11 is 3.43. The van der Waals surface area contributed by atoms with Crippen molar-refractivity contribution < 1.29 is 4.79 Å². The van der Waals surface area contributed by atoms with Crippen LogP contribution < -0.4 is 5.73 Å². The molecule has 0 saturated carbocycles. The molecule has 0 spiro atoms. The van der Waals surface area contributed by atoms with Crippen LogP contribution in [0.2, 0.25) is 0 Å². The van der Waals surface area contributed by atoms with Gasteiger partial charge in [0.15, 0.2) is 0 Å². The fourth-order valence-corrected chi connectivity index (χ4v) is 3.62. The molecule has 2 N–H and O–H groups in total. The van der Waals surface area contributed by atoms with Gasteiger partial charge in [0.1, 0.15) is 0 Å². The van der Waals surface area contributed by atoms with Crippen LogP contribution in [0.5, 0.6) is 0 Å². The van der Waals surface area contributed by atoms with Gasteiger partial charge in [0.05, 0.1) is 5.75 Å². The lowest BCUT2D eigenvalue weighted by Gasteiger charge is -2.27. The Balaban J connectivity index is 1.82. The van der Waals surface area contributed by atoms with E-state index in [1.54, 1.807) is 23.1 Å². The minimum atomic E-state index is 0.164. The zero-order valence-corrected chi connectivity index (χ0v) is 11.6. The minimum Gasteiger partial charge on any atom is -0.337 e. The second kappa shape index (κ2) is 5.89. The normalized spacial score (nSPS) is 16.7. The Hall–Kier alpha value is -0.520. The smallest absolute Gasteiger partial charge is 0.232 e. The van der Waals surface area contributed by atoms with Crippen molar-refractivity contribution in [3.8, 4) is 0 Å².